The fourth-order valence-corrected chi connectivity index (χ4v) is 4.07. The van der Waals surface area contributed by atoms with E-state index in [9.17, 15) is 0 Å². The number of alkyl halides is 1. The molecule has 1 aliphatic rings. The molecular formula is C18H24ClN4S+. The number of nitrogens with zero attached hydrogens (tertiary/aromatic N) is 2. The second kappa shape index (κ2) is 7.13. The second-order valence-corrected chi connectivity index (χ2v) is 8.11. The normalized spacial score (nSPS) is 16.9. The molecule has 4 nitrogen and oxygen atoms in total. The molecule has 2 aromatic rings. The number of hydrogen-bond donors (Lipinski definition) is 2. The maximum Gasteiger partial charge on any atom is 0.154 e. The van der Waals surface area contributed by atoms with E-state index in [1.165, 1.54) is 4.88 Å². The first-order chi connectivity index (χ1) is 11.5. The van der Waals surface area contributed by atoms with Gasteiger partial charge in [-0.3, -0.25) is 5.41 Å². The Hall–Kier alpha value is -1.56. The first-order valence-corrected chi connectivity index (χ1v) is 9.52. The van der Waals surface area contributed by atoms with Crippen molar-refractivity contribution in [3.05, 3.63) is 46.8 Å². The summed E-state index contributed by atoms with van der Waals surface area (Å²) in [5, 5.41) is 13.2. The summed E-state index contributed by atoms with van der Waals surface area (Å²) in [5.74, 6) is 0.610. The number of anilines is 2. The van der Waals surface area contributed by atoms with Crippen molar-refractivity contribution in [2.75, 3.05) is 44.5 Å². The third kappa shape index (κ3) is 3.74. The highest BCUT2D eigenvalue weighted by Crippen LogP contribution is 2.31. The smallest absolute Gasteiger partial charge is 0.154 e. The fourth-order valence-electron chi connectivity index (χ4n) is 2.90. The Morgan fingerprint density at radius 2 is 1.96 bits per heavy atom. The van der Waals surface area contributed by atoms with Gasteiger partial charge in [-0.1, -0.05) is 29.8 Å². The number of halogens is 1. The van der Waals surface area contributed by atoms with Gasteiger partial charge < -0.3 is 14.7 Å². The number of para-hydroxylation sites is 1. The van der Waals surface area contributed by atoms with E-state index in [2.05, 4.69) is 30.3 Å². The van der Waals surface area contributed by atoms with Gasteiger partial charge in [0, 0.05) is 10.6 Å². The molecule has 1 fully saturated rings. The average molecular weight is 364 g/mol. The summed E-state index contributed by atoms with van der Waals surface area (Å²) >= 11 is 7.78. The van der Waals surface area contributed by atoms with Gasteiger partial charge in [0.15, 0.2) is 6.00 Å². The molecule has 0 aliphatic carbocycles. The Morgan fingerprint density at radius 1 is 1.29 bits per heavy atom. The molecule has 2 N–H and O–H groups in total. The van der Waals surface area contributed by atoms with Crippen molar-refractivity contribution in [2.45, 2.75) is 6.92 Å². The zero-order valence-electron chi connectivity index (χ0n) is 14.2. The predicted octanol–water partition coefficient (Wildman–Crippen LogP) is 4.08. The average Bonchev–Trinajstić information content (AvgIpc) is 2.96. The van der Waals surface area contributed by atoms with Crippen molar-refractivity contribution < 1.29 is 4.48 Å². The first-order valence-electron chi connectivity index (χ1n) is 8.17. The van der Waals surface area contributed by atoms with Crippen LogP contribution in [-0.4, -0.2) is 54.4 Å². The van der Waals surface area contributed by atoms with E-state index in [0.717, 1.165) is 46.9 Å². The van der Waals surface area contributed by atoms with Crippen LogP contribution >= 0.6 is 22.9 Å². The van der Waals surface area contributed by atoms with Crippen LogP contribution in [0.1, 0.15) is 10.4 Å². The number of nitrogens with one attached hydrogen (secondary N) is 2. The quantitative estimate of drug-likeness (QED) is 0.282. The van der Waals surface area contributed by atoms with E-state index < -0.39 is 0 Å². The maximum atomic E-state index is 8.68. The van der Waals surface area contributed by atoms with Crippen LogP contribution in [0.3, 0.4) is 0 Å². The molecule has 0 unspecified atom stereocenters. The van der Waals surface area contributed by atoms with Crippen LogP contribution in [0.5, 0.6) is 0 Å². The predicted molar refractivity (Wildman–Crippen MR) is 104 cm³/mol. The summed E-state index contributed by atoms with van der Waals surface area (Å²) in [6.45, 7) is 5.81. The van der Waals surface area contributed by atoms with Gasteiger partial charge in [-0.2, -0.15) is 0 Å². The lowest BCUT2D eigenvalue weighted by atomic mass is 10.2. The van der Waals surface area contributed by atoms with Crippen LogP contribution < -0.4 is 5.32 Å². The van der Waals surface area contributed by atoms with Gasteiger partial charge in [0.1, 0.15) is 10.8 Å². The van der Waals surface area contributed by atoms with Crippen LogP contribution in [0, 0.1) is 12.3 Å². The maximum absolute atomic E-state index is 8.68. The summed E-state index contributed by atoms with van der Waals surface area (Å²) in [7, 11) is 2.19. The summed E-state index contributed by atoms with van der Waals surface area (Å²) in [4.78, 5) is 3.39. The van der Waals surface area contributed by atoms with E-state index in [1.54, 1.807) is 11.3 Å². The van der Waals surface area contributed by atoms with Crippen molar-refractivity contribution in [1.29, 1.82) is 5.41 Å². The molecule has 1 aromatic carbocycles. The van der Waals surface area contributed by atoms with Crippen LogP contribution in [-0.2, 0) is 0 Å². The van der Waals surface area contributed by atoms with Crippen LogP contribution in [0.4, 0.5) is 10.7 Å². The largest absolute Gasteiger partial charge is 0.347 e. The lowest BCUT2D eigenvalue weighted by Crippen LogP contribution is -2.57. The molecule has 0 bridgehead atoms. The standard InChI is InChI=1S/C18H24ClN4S/c1-14-12-16(18(24-14)21-15-6-4-3-5-7-15)17(20)22-8-10-23(2,13-19)11-9-22/h3-7,12,20-21H,8-11,13H2,1-2H3/q+1. The molecule has 2 heterocycles. The SMILES string of the molecule is Cc1cc(C(=N)N2CC[N+](C)(CCl)CC2)c(Nc2ccccc2)s1. The van der Waals surface area contributed by atoms with Crippen LogP contribution in [0.2, 0.25) is 0 Å². The molecule has 24 heavy (non-hydrogen) atoms. The van der Waals surface area contributed by atoms with E-state index in [4.69, 9.17) is 17.0 Å². The molecule has 0 spiro atoms. The Bertz CT molecular complexity index is 705. The number of amidine groups is 1. The van der Waals surface area contributed by atoms with Gasteiger partial charge >= 0.3 is 0 Å². The minimum Gasteiger partial charge on any atom is -0.347 e. The number of likely N-dealkylation sites (N-methyl/N-ethyl adjacent to an activating group) is 1. The summed E-state index contributed by atoms with van der Waals surface area (Å²) in [6, 6.07) is 12.9. The van der Waals surface area contributed by atoms with Crippen molar-refractivity contribution in [3.8, 4) is 0 Å². The van der Waals surface area contributed by atoms with E-state index >= 15 is 0 Å². The zero-order valence-corrected chi connectivity index (χ0v) is 15.8. The number of hydrogen-bond acceptors (Lipinski definition) is 3. The molecule has 1 aromatic heterocycles. The van der Waals surface area contributed by atoms with E-state index in [0.29, 0.717) is 11.8 Å². The van der Waals surface area contributed by atoms with E-state index in [1.807, 2.05) is 30.3 Å². The lowest BCUT2D eigenvalue weighted by molar-refractivity contribution is -0.902. The zero-order chi connectivity index (χ0) is 17.2. The molecule has 0 saturated carbocycles. The van der Waals surface area contributed by atoms with Gasteiger partial charge in [-0.25, -0.2) is 0 Å². The molecule has 0 radical (unpaired) electrons. The van der Waals surface area contributed by atoms with Crippen molar-refractivity contribution in [2.24, 2.45) is 0 Å². The van der Waals surface area contributed by atoms with Gasteiger partial charge in [-0.15, -0.1) is 11.3 Å². The molecule has 1 aliphatic heterocycles. The topological polar surface area (TPSA) is 39.1 Å². The van der Waals surface area contributed by atoms with Gasteiger partial charge in [0.25, 0.3) is 0 Å². The highest BCUT2D eigenvalue weighted by atomic mass is 35.5. The molecule has 0 atom stereocenters. The fraction of sp³-hybridized carbons (Fsp3) is 0.389. The number of thiophene rings is 1. The lowest BCUT2D eigenvalue weighted by Gasteiger charge is -2.41. The number of aryl methyl sites for hydroxylation is 1. The van der Waals surface area contributed by atoms with Gasteiger partial charge in [0.05, 0.1) is 38.8 Å². The van der Waals surface area contributed by atoms with Gasteiger partial charge in [0.2, 0.25) is 0 Å². The highest BCUT2D eigenvalue weighted by molar-refractivity contribution is 7.16. The van der Waals surface area contributed by atoms with Gasteiger partial charge in [-0.05, 0) is 25.1 Å². The summed E-state index contributed by atoms with van der Waals surface area (Å²) < 4.78 is 0.878. The minimum absolute atomic E-state index is 0.610. The Morgan fingerprint density at radius 3 is 2.58 bits per heavy atom. The third-order valence-corrected chi connectivity index (χ3v) is 6.11. The highest BCUT2D eigenvalue weighted by Gasteiger charge is 2.30. The summed E-state index contributed by atoms with van der Waals surface area (Å²) in [5.41, 5.74) is 2.04. The van der Waals surface area contributed by atoms with Crippen molar-refractivity contribution >= 4 is 39.5 Å². The number of rotatable bonds is 4. The molecule has 1 saturated heterocycles. The van der Waals surface area contributed by atoms with Crippen molar-refractivity contribution in [3.63, 3.8) is 0 Å². The third-order valence-electron chi connectivity index (χ3n) is 4.57. The van der Waals surface area contributed by atoms with Crippen molar-refractivity contribution in [1.82, 2.24) is 4.90 Å². The van der Waals surface area contributed by atoms with Crippen LogP contribution in [0.15, 0.2) is 36.4 Å². The Labute approximate surface area is 152 Å². The molecular weight excluding hydrogens is 340 g/mol. The van der Waals surface area contributed by atoms with Crippen LogP contribution in [0.25, 0.3) is 0 Å². The molecule has 0 amide bonds. The minimum atomic E-state index is 0.610. The Balaban J connectivity index is 1.76. The molecule has 3 rings (SSSR count). The monoisotopic (exact) mass is 363 g/mol. The number of piperazine rings is 1. The Kier molecular flexibility index (Phi) is 5.13. The second-order valence-electron chi connectivity index (χ2n) is 6.61. The number of quaternary nitrogens is 1. The number of benzene rings is 1. The molecule has 6 heteroatoms. The summed E-state index contributed by atoms with van der Waals surface area (Å²) in [6.07, 6.45) is 0. The molecule has 128 valence electrons. The van der Waals surface area contributed by atoms with E-state index in [-0.39, 0.29) is 0 Å². The first kappa shape index (κ1) is 17.3.